The van der Waals surface area contributed by atoms with E-state index in [9.17, 15) is 19.7 Å². The molecule has 1 aromatic rings. The number of hydrogen-bond acceptors (Lipinski definition) is 5. The smallest absolute Gasteiger partial charge is 0.335 e. The first-order valence-electron chi connectivity index (χ1n) is 5.40. The molecule has 1 N–H and O–H groups in total. The second-order valence-corrected chi connectivity index (χ2v) is 3.86. The van der Waals surface area contributed by atoms with Gasteiger partial charge in [-0.05, 0) is 12.1 Å². The van der Waals surface area contributed by atoms with Crippen LogP contribution >= 0.6 is 0 Å². The van der Waals surface area contributed by atoms with Gasteiger partial charge in [-0.1, -0.05) is 0 Å². The largest absolute Gasteiger partial charge is 0.478 e. The summed E-state index contributed by atoms with van der Waals surface area (Å²) in [6.45, 7) is 0.341. The molecule has 1 aromatic carbocycles. The lowest BCUT2D eigenvalue weighted by molar-refractivity contribution is -0.384. The fourth-order valence-electron chi connectivity index (χ4n) is 1.80. The van der Waals surface area contributed by atoms with E-state index >= 15 is 0 Å². The van der Waals surface area contributed by atoms with Crippen molar-refractivity contribution in [1.82, 2.24) is 0 Å². The summed E-state index contributed by atoms with van der Waals surface area (Å²) in [6, 6.07) is 3.44. The zero-order valence-corrected chi connectivity index (χ0v) is 9.74. The molecule has 8 heteroatoms. The number of benzene rings is 1. The van der Waals surface area contributed by atoms with Crippen LogP contribution in [-0.2, 0) is 9.53 Å². The number of carbonyl (C=O) groups is 2. The molecule has 1 aliphatic heterocycles. The van der Waals surface area contributed by atoms with E-state index in [2.05, 4.69) is 0 Å². The molecule has 0 saturated carbocycles. The standard InChI is InChI=1S/C11H10N2O6/c14-10-6-19-4-3-12(10)8-2-1-7(11(15)16)5-9(8)13(17)18/h1-2,5H,3-4,6H2,(H,15,16). The van der Waals surface area contributed by atoms with Gasteiger partial charge in [0.2, 0.25) is 0 Å². The van der Waals surface area contributed by atoms with E-state index in [0.717, 1.165) is 6.07 Å². The molecule has 8 nitrogen and oxygen atoms in total. The van der Waals surface area contributed by atoms with Crippen LogP contribution in [0.25, 0.3) is 0 Å². The third-order valence-corrected chi connectivity index (χ3v) is 2.70. The summed E-state index contributed by atoms with van der Waals surface area (Å²) >= 11 is 0. The van der Waals surface area contributed by atoms with Crippen LogP contribution in [0.1, 0.15) is 10.4 Å². The van der Waals surface area contributed by atoms with Gasteiger partial charge in [-0.15, -0.1) is 0 Å². The molecule has 2 rings (SSSR count). The maximum atomic E-state index is 11.7. The summed E-state index contributed by atoms with van der Waals surface area (Å²) in [5, 5.41) is 19.8. The van der Waals surface area contributed by atoms with Gasteiger partial charge in [0.1, 0.15) is 12.3 Å². The Bertz CT molecular complexity index is 556. The number of carboxylic acid groups (broad SMARTS) is 1. The molecule has 0 atom stereocenters. The number of morpholine rings is 1. The zero-order valence-electron chi connectivity index (χ0n) is 9.74. The Balaban J connectivity index is 2.47. The van der Waals surface area contributed by atoms with Crippen molar-refractivity contribution < 1.29 is 24.4 Å². The fraction of sp³-hybridized carbons (Fsp3) is 0.273. The molecular weight excluding hydrogens is 256 g/mol. The maximum absolute atomic E-state index is 11.7. The molecule has 0 aromatic heterocycles. The van der Waals surface area contributed by atoms with Gasteiger partial charge in [-0.2, -0.15) is 0 Å². The molecule has 1 heterocycles. The van der Waals surface area contributed by atoms with Gasteiger partial charge < -0.3 is 14.7 Å². The van der Waals surface area contributed by atoms with Crippen molar-refractivity contribution in [3.05, 3.63) is 33.9 Å². The molecule has 1 aliphatic rings. The first kappa shape index (κ1) is 13.0. The number of hydrogen-bond donors (Lipinski definition) is 1. The van der Waals surface area contributed by atoms with Crippen LogP contribution < -0.4 is 4.90 Å². The third kappa shape index (κ3) is 2.52. The Kier molecular flexibility index (Phi) is 3.43. The Morgan fingerprint density at radius 1 is 1.47 bits per heavy atom. The van der Waals surface area contributed by atoms with Crippen molar-refractivity contribution in [2.45, 2.75) is 0 Å². The molecule has 0 spiro atoms. The van der Waals surface area contributed by atoms with E-state index in [-0.39, 0.29) is 31.0 Å². The highest BCUT2D eigenvalue weighted by atomic mass is 16.6. The minimum absolute atomic E-state index is 0.0864. The normalized spacial score (nSPS) is 15.4. The zero-order chi connectivity index (χ0) is 14.0. The molecule has 0 aliphatic carbocycles. The number of carbonyl (C=O) groups excluding carboxylic acids is 1. The third-order valence-electron chi connectivity index (χ3n) is 2.70. The monoisotopic (exact) mass is 266 g/mol. The summed E-state index contributed by atoms with van der Waals surface area (Å²) < 4.78 is 4.94. The minimum Gasteiger partial charge on any atom is -0.478 e. The average Bonchev–Trinajstić information content (AvgIpc) is 2.38. The maximum Gasteiger partial charge on any atom is 0.335 e. The predicted molar refractivity (Wildman–Crippen MR) is 63.2 cm³/mol. The van der Waals surface area contributed by atoms with Crippen LogP contribution in [0, 0.1) is 10.1 Å². The van der Waals surface area contributed by atoms with Gasteiger partial charge in [0.15, 0.2) is 0 Å². The second-order valence-electron chi connectivity index (χ2n) is 3.86. The Labute approximate surface area is 107 Å². The SMILES string of the molecule is O=C(O)c1ccc(N2CCOCC2=O)c([N+](=O)[O-])c1. The summed E-state index contributed by atoms with van der Waals surface area (Å²) in [5.41, 5.74) is -0.519. The number of nitro benzene ring substituents is 1. The highest BCUT2D eigenvalue weighted by Gasteiger charge is 2.27. The first-order chi connectivity index (χ1) is 9.00. The van der Waals surface area contributed by atoms with Crippen molar-refractivity contribution in [2.75, 3.05) is 24.7 Å². The van der Waals surface area contributed by atoms with E-state index in [1.54, 1.807) is 0 Å². The Hall–Kier alpha value is -2.48. The average molecular weight is 266 g/mol. The Morgan fingerprint density at radius 2 is 2.21 bits per heavy atom. The van der Waals surface area contributed by atoms with E-state index < -0.39 is 22.5 Å². The molecule has 19 heavy (non-hydrogen) atoms. The van der Waals surface area contributed by atoms with Crippen molar-refractivity contribution in [2.24, 2.45) is 0 Å². The van der Waals surface area contributed by atoms with Crippen molar-refractivity contribution >= 4 is 23.3 Å². The van der Waals surface area contributed by atoms with E-state index in [0.29, 0.717) is 0 Å². The quantitative estimate of drug-likeness (QED) is 0.635. The summed E-state index contributed by atoms with van der Waals surface area (Å²) in [6.07, 6.45) is 0. The Morgan fingerprint density at radius 3 is 2.79 bits per heavy atom. The topological polar surface area (TPSA) is 110 Å². The highest BCUT2D eigenvalue weighted by Crippen LogP contribution is 2.30. The number of rotatable bonds is 3. The lowest BCUT2D eigenvalue weighted by Gasteiger charge is -2.26. The van der Waals surface area contributed by atoms with Gasteiger partial charge in [-0.25, -0.2) is 4.79 Å². The lowest BCUT2D eigenvalue weighted by Crippen LogP contribution is -2.42. The number of amides is 1. The van der Waals surface area contributed by atoms with Crippen LogP contribution in [0.3, 0.4) is 0 Å². The molecule has 100 valence electrons. The second kappa shape index (κ2) is 5.02. The number of anilines is 1. The lowest BCUT2D eigenvalue weighted by atomic mass is 10.1. The number of carboxylic acids is 1. The van der Waals surface area contributed by atoms with Gasteiger partial charge >= 0.3 is 5.97 Å². The molecule has 1 fully saturated rings. The molecule has 0 bridgehead atoms. The molecule has 1 saturated heterocycles. The van der Waals surface area contributed by atoms with Crippen LogP contribution in [0.5, 0.6) is 0 Å². The van der Waals surface area contributed by atoms with Gasteiger partial charge in [0.25, 0.3) is 11.6 Å². The minimum atomic E-state index is -1.26. The van der Waals surface area contributed by atoms with Gasteiger partial charge in [0, 0.05) is 12.6 Å². The van der Waals surface area contributed by atoms with Gasteiger partial charge in [-0.3, -0.25) is 14.9 Å². The van der Waals surface area contributed by atoms with E-state index in [1.807, 2.05) is 0 Å². The molecule has 0 unspecified atom stereocenters. The first-order valence-corrected chi connectivity index (χ1v) is 5.40. The number of nitro groups is 1. The number of aromatic carboxylic acids is 1. The number of ether oxygens (including phenoxy) is 1. The van der Waals surface area contributed by atoms with Crippen molar-refractivity contribution in [3.63, 3.8) is 0 Å². The molecule has 1 amide bonds. The molecule has 0 radical (unpaired) electrons. The van der Waals surface area contributed by atoms with Crippen LogP contribution in [-0.4, -0.2) is 41.7 Å². The predicted octanol–water partition coefficient (Wildman–Crippen LogP) is 0.656. The summed E-state index contributed by atoms with van der Waals surface area (Å²) in [4.78, 5) is 34.0. The van der Waals surface area contributed by atoms with Crippen molar-refractivity contribution in [1.29, 1.82) is 0 Å². The van der Waals surface area contributed by atoms with E-state index in [4.69, 9.17) is 9.84 Å². The van der Waals surface area contributed by atoms with Crippen molar-refractivity contribution in [3.8, 4) is 0 Å². The summed E-state index contributed by atoms with van der Waals surface area (Å²) in [7, 11) is 0. The van der Waals surface area contributed by atoms with E-state index in [1.165, 1.54) is 17.0 Å². The fourth-order valence-corrected chi connectivity index (χ4v) is 1.80. The van der Waals surface area contributed by atoms with Gasteiger partial charge in [0.05, 0.1) is 17.1 Å². The van der Waals surface area contributed by atoms with Crippen LogP contribution in [0.4, 0.5) is 11.4 Å². The van der Waals surface area contributed by atoms with Crippen LogP contribution in [0.2, 0.25) is 0 Å². The summed E-state index contributed by atoms with van der Waals surface area (Å²) in [5.74, 6) is -1.65. The molecular formula is C11H10N2O6. The highest BCUT2D eigenvalue weighted by molar-refractivity contribution is 5.98. The van der Waals surface area contributed by atoms with Crippen LogP contribution in [0.15, 0.2) is 18.2 Å². The number of nitrogens with zero attached hydrogens (tertiary/aromatic N) is 2.